The van der Waals surface area contributed by atoms with Crippen molar-refractivity contribution >= 4 is 0 Å². The van der Waals surface area contributed by atoms with E-state index in [2.05, 4.69) is 102 Å². The quantitative estimate of drug-likeness (QED) is 0.0262. The molecule has 0 atom stereocenters. The second kappa shape index (κ2) is 58.2. The molecule has 0 spiro atoms. The van der Waals surface area contributed by atoms with Crippen LogP contribution >= 0.6 is 0 Å². The maximum atomic E-state index is 6.28. The van der Waals surface area contributed by atoms with E-state index >= 15 is 0 Å². The molecule has 0 amide bonds. The zero-order valence-corrected chi connectivity index (χ0v) is 47.9. The van der Waals surface area contributed by atoms with Crippen molar-refractivity contribution in [1.82, 2.24) is 4.90 Å². The van der Waals surface area contributed by atoms with Gasteiger partial charge in [-0.15, -0.1) is 0 Å². The molecule has 0 saturated heterocycles. The number of unbranched alkanes of at least 4 members (excludes halogenated alkanes) is 28. The largest absolute Gasteiger partial charge is 0.498 e. The lowest BCUT2D eigenvalue weighted by molar-refractivity contribution is -0.131. The van der Waals surface area contributed by atoms with Crippen LogP contribution < -0.4 is 0 Å². The maximum Gasteiger partial charge on any atom is 0.158 e. The molecular formula is C64H121NO5. The molecule has 0 unspecified atom stereocenters. The Balaban J connectivity index is 4.66. The van der Waals surface area contributed by atoms with Gasteiger partial charge in [0.25, 0.3) is 0 Å². The summed E-state index contributed by atoms with van der Waals surface area (Å²) < 4.78 is 31.1. The highest BCUT2D eigenvalue weighted by molar-refractivity contribution is 4.91. The molecule has 0 radical (unpaired) electrons. The SMILES string of the molecule is C=C(OCCCN(C)C)C(CCCCCCCCCC(OC/C=C\CCCCCC)OC/C=C\CCCCCC)CCCCCCCCCC(OC/C=C\CCCCCC)OC/C=C\CCCCCC. The van der Waals surface area contributed by atoms with E-state index in [1.54, 1.807) is 0 Å². The standard InChI is InChI=1S/C64H121NO5/c1-8-12-16-20-30-38-46-56-67-63(68-57-47-39-31-21-17-13-9-2)53-44-36-28-24-26-34-42-51-62(61(5)66-60-50-55-65(6)7)52-43-35-27-25-29-37-45-54-64(69-58-48-40-32-22-18-14-10-3)70-59-49-41-33-23-19-15-11-4/h38-41,46-49,62-64H,5,8-37,42-45,50-60H2,1-4,6-7H3/b46-38-,47-39-,48-40-,49-41-. The average Bonchev–Trinajstić information content (AvgIpc) is 3.35. The molecular weight excluding hydrogens is 863 g/mol. The van der Waals surface area contributed by atoms with Gasteiger partial charge in [0.05, 0.1) is 38.8 Å². The number of ether oxygens (including phenoxy) is 5. The topological polar surface area (TPSA) is 49.4 Å². The average molecular weight is 985 g/mol. The second-order valence-corrected chi connectivity index (χ2v) is 20.7. The first-order valence-corrected chi connectivity index (χ1v) is 30.5. The highest BCUT2D eigenvalue weighted by Crippen LogP contribution is 2.26. The Morgan fingerprint density at radius 3 is 0.943 bits per heavy atom. The predicted molar refractivity (Wildman–Crippen MR) is 308 cm³/mol. The number of rotatable bonds is 58. The van der Waals surface area contributed by atoms with Crippen LogP contribution in [0.25, 0.3) is 0 Å². The van der Waals surface area contributed by atoms with Gasteiger partial charge in [0.1, 0.15) is 0 Å². The van der Waals surface area contributed by atoms with Crippen molar-refractivity contribution in [3.63, 3.8) is 0 Å². The zero-order chi connectivity index (χ0) is 50.9. The highest BCUT2D eigenvalue weighted by atomic mass is 16.7. The lowest BCUT2D eigenvalue weighted by Gasteiger charge is -2.21. The number of nitrogens with zero attached hydrogens (tertiary/aromatic N) is 1. The smallest absolute Gasteiger partial charge is 0.158 e. The van der Waals surface area contributed by atoms with E-state index in [1.165, 1.54) is 205 Å². The normalized spacial score (nSPS) is 12.4. The summed E-state index contributed by atoms with van der Waals surface area (Å²) >= 11 is 0. The molecule has 6 nitrogen and oxygen atoms in total. The van der Waals surface area contributed by atoms with Crippen molar-refractivity contribution in [2.24, 2.45) is 5.92 Å². The number of allylic oxidation sites excluding steroid dienone is 5. The monoisotopic (exact) mass is 984 g/mol. The third-order valence-corrected chi connectivity index (χ3v) is 13.6. The molecule has 0 aromatic heterocycles. The van der Waals surface area contributed by atoms with E-state index in [4.69, 9.17) is 23.7 Å². The molecule has 0 N–H and O–H groups in total. The van der Waals surface area contributed by atoms with Gasteiger partial charge in [-0.2, -0.15) is 0 Å². The van der Waals surface area contributed by atoms with E-state index in [9.17, 15) is 0 Å². The van der Waals surface area contributed by atoms with E-state index in [-0.39, 0.29) is 12.6 Å². The summed E-state index contributed by atoms with van der Waals surface area (Å²) in [7, 11) is 4.27. The van der Waals surface area contributed by atoms with Gasteiger partial charge >= 0.3 is 0 Å². The number of hydrogen-bond donors (Lipinski definition) is 0. The Hall–Kier alpha value is -1.70. The van der Waals surface area contributed by atoms with Gasteiger partial charge in [-0.3, -0.25) is 0 Å². The van der Waals surface area contributed by atoms with Crippen molar-refractivity contribution in [2.45, 2.75) is 291 Å². The van der Waals surface area contributed by atoms with Gasteiger partial charge in [0, 0.05) is 12.5 Å². The summed E-state index contributed by atoms with van der Waals surface area (Å²) in [5, 5.41) is 0. The van der Waals surface area contributed by atoms with Crippen LogP contribution in [0.15, 0.2) is 60.9 Å². The van der Waals surface area contributed by atoms with Crippen molar-refractivity contribution in [2.75, 3.05) is 53.7 Å². The van der Waals surface area contributed by atoms with Crippen LogP contribution in [-0.4, -0.2) is 71.2 Å². The number of hydrogen-bond acceptors (Lipinski definition) is 6. The van der Waals surface area contributed by atoms with Gasteiger partial charge < -0.3 is 28.6 Å². The minimum absolute atomic E-state index is 0.113. The van der Waals surface area contributed by atoms with E-state index in [1.807, 2.05) is 0 Å². The van der Waals surface area contributed by atoms with Crippen LogP contribution in [0, 0.1) is 5.92 Å². The Morgan fingerprint density at radius 1 is 0.357 bits per heavy atom. The van der Waals surface area contributed by atoms with Crippen LogP contribution in [0.3, 0.4) is 0 Å². The molecule has 412 valence electrons. The summed E-state index contributed by atoms with van der Waals surface area (Å²) in [5.41, 5.74) is 0. The van der Waals surface area contributed by atoms with Crippen molar-refractivity contribution in [3.8, 4) is 0 Å². The summed E-state index contributed by atoms with van der Waals surface area (Å²) in [6.07, 6.45) is 66.5. The third kappa shape index (κ3) is 52.6. The zero-order valence-electron chi connectivity index (χ0n) is 47.9. The highest BCUT2D eigenvalue weighted by Gasteiger charge is 2.15. The van der Waals surface area contributed by atoms with Crippen molar-refractivity contribution in [3.05, 3.63) is 60.9 Å². The molecule has 0 saturated carbocycles. The van der Waals surface area contributed by atoms with Gasteiger partial charge in [0.15, 0.2) is 12.6 Å². The second-order valence-electron chi connectivity index (χ2n) is 20.7. The minimum Gasteiger partial charge on any atom is -0.498 e. The summed E-state index contributed by atoms with van der Waals surface area (Å²) in [4.78, 5) is 2.24. The molecule has 0 fully saturated rings. The van der Waals surface area contributed by atoms with Gasteiger partial charge in [-0.25, -0.2) is 0 Å². The summed E-state index contributed by atoms with van der Waals surface area (Å²) in [6, 6.07) is 0. The first-order chi connectivity index (χ1) is 34.5. The predicted octanol–water partition coefficient (Wildman–Crippen LogP) is 19.9. The van der Waals surface area contributed by atoms with Gasteiger partial charge in [0.2, 0.25) is 0 Å². The van der Waals surface area contributed by atoms with Crippen LogP contribution in [-0.2, 0) is 23.7 Å². The fourth-order valence-electron chi connectivity index (χ4n) is 8.92. The van der Waals surface area contributed by atoms with Crippen molar-refractivity contribution in [1.29, 1.82) is 0 Å². The molecule has 0 aliphatic rings. The van der Waals surface area contributed by atoms with Crippen LogP contribution in [0.5, 0.6) is 0 Å². The molecule has 70 heavy (non-hydrogen) atoms. The molecule has 0 aliphatic carbocycles. The first-order valence-electron chi connectivity index (χ1n) is 30.5. The van der Waals surface area contributed by atoms with E-state index in [0.29, 0.717) is 32.3 Å². The molecule has 0 bridgehead atoms. The van der Waals surface area contributed by atoms with Crippen molar-refractivity contribution < 1.29 is 23.7 Å². The molecule has 0 aliphatic heterocycles. The van der Waals surface area contributed by atoms with Crippen LogP contribution in [0.2, 0.25) is 0 Å². The summed E-state index contributed by atoms with van der Waals surface area (Å²) in [6.45, 7) is 18.0. The Labute approximate surface area is 438 Å². The summed E-state index contributed by atoms with van der Waals surface area (Å²) in [5.74, 6) is 1.51. The fourth-order valence-corrected chi connectivity index (χ4v) is 8.92. The maximum absolute atomic E-state index is 6.28. The molecule has 6 heteroatoms. The fraction of sp³-hybridized carbons (Fsp3) is 0.844. The molecule has 0 heterocycles. The van der Waals surface area contributed by atoms with Gasteiger partial charge in [-0.1, -0.05) is 237 Å². The molecule has 0 aromatic carbocycles. The first kappa shape index (κ1) is 68.3. The van der Waals surface area contributed by atoms with Crippen LogP contribution in [0.1, 0.15) is 278 Å². The van der Waals surface area contributed by atoms with Gasteiger partial charge in [-0.05, 0) is 110 Å². The molecule has 0 rings (SSSR count). The van der Waals surface area contributed by atoms with E-state index < -0.39 is 0 Å². The minimum atomic E-state index is -0.113. The third-order valence-electron chi connectivity index (χ3n) is 13.6. The lowest BCUT2D eigenvalue weighted by Crippen LogP contribution is -2.17. The van der Waals surface area contributed by atoms with Crippen LogP contribution in [0.4, 0.5) is 0 Å². The Bertz CT molecular complexity index is 1020. The Kier molecular flexibility index (Phi) is 56.8. The Morgan fingerprint density at radius 2 is 0.643 bits per heavy atom. The lowest BCUT2D eigenvalue weighted by atomic mass is 9.92. The molecule has 0 aromatic rings. The van der Waals surface area contributed by atoms with E-state index in [0.717, 1.165) is 63.9 Å².